The first-order valence-corrected chi connectivity index (χ1v) is 4.61. The summed E-state index contributed by atoms with van der Waals surface area (Å²) in [5, 5.41) is 0. The standard InChI is InChI=1S/C5H13O3P.2K/c1-3-4-5(2)9(6,7)8;;/h5H,3-4H2,1-2H3,(H2,6,7,8);;/q;2*+1/p-2. The molecule has 56 valence electrons. The Kier molecular flexibility index (Phi) is 18.4. The van der Waals surface area contributed by atoms with E-state index in [1.165, 1.54) is 6.92 Å². The van der Waals surface area contributed by atoms with Crippen LogP contribution in [0.2, 0.25) is 0 Å². The van der Waals surface area contributed by atoms with Crippen LogP contribution in [0.4, 0.5) is 0 Å². The van der Waals surface area contributed by atoms with E-state index in [9.17, 15) is 14.7 Å². The van der Waals surface area contributed by atoms with E-state index < -0.39 is 13.6 Å². The molecule has 1 unspecified atom stereocenters. The average molecular weight is 228 g/mol. The van der Waals surface area contributed by atoms with Gasteiger partial charge in [-0.2, -0.15) is 7.94 Å². The van der Waals surface area contributed by atoms with Crippen LogP contribution in [-0.2, 0) is 0 Å². The maximum absolute atomic E-state index is 10.2. The molecule has 0 aromatic rings. The third kappa shape index (κ3) is 11.5. The second-order valence-electron chi connectivity index (χ2n) is 2.18. The SMILES string of the molecule is CCCC(C)[P+]([O-])([O-])[O-].[K+].[K+]. The second-order valence-corrected chi connectivity index (χ2v) is 4.14. The molecule has 0 heterocycles. The molecule has 11 heavy (non-hydrogen) atoms. The van der Waals surface area contributed by atoms with Gasteiger partial charge in [0.15, 0.2) is 0 Å². The van der Waals surface area contributed by atoms with Crippen molar-refractivity contribution in [1.29, 1.82) is 0 Å². The molecule has 0 aliphatic rings. The van der Waals surface area contributed by atoms with Crippen molar-refractivity contribution in [3.05, 3.63) is 0 Å². The van der Waals surface area contributed by atoms with Gasteiger partial charge in [-0.25, -0.2) is 0 Å². The van der Waals surface area contributed by atoms with E-state index >= 15 is 0 Å². The van der Waals surface area contributed by atoms with Crippen LogP contribution in [0.5, 0.6) is 0 Å². The van der Waals surface area contributed by atoms with Gasteiger partial charge in [-0.05, 0) is 13.3 Å². The van der Waals surface area contributed by atoms with E-state index in [0.29, 0.717) is 6.42 Å². The van der Waals surface area contributed by atoms with E-state index in [2.05, 4.69) is 0 Å². The molecule has 0 amide bonds. The van der Waals surface area contributed by atoms with Crippen molar-refractivity contribution in [2.75, 3.05) is 0 Å². The summed E-state index contributed by atoms with van der Waals surface area (Å²) in [6, 6.07) is 0. The van der Waals surface area contributed by atoms with E-state index in [4.69, 9.17) is 0 Å². The zero-order valence-electron chi connectivity index (χ0n) is 7.66. The predicted molar refractivity (Wildman–Crippen MR) is 31.3 cm³/mol. The zero-order chi connectivity index (χ0) is 7.49. The number of rotatable bonds is 3. The molecule has 0 radical (unpaired) electrons. The maximum Gasteiger partial charge on any atom is 1.00 e. The number of hydrogen-bond acceptors (Lipinski definition) is 3. The summed E-state index contributed by atoms with van der Waals surface area (Å²) in [6.07, 6.45) is 1.22. The quantitative estimate of drug-likeness (QED) is 0.356. The average Bonchev–Trinajstić information content (AvgIpc) is 1.64. The van der Waals surface area contributed by atoms with Crippen LogP contribution in [0, 0.1) is 0 Å². The molecule has 0 aliphatic heterocycles. The van der Waals surface area contributed by atoms with E-state index in [1.54, 1.807) is 0 Å². The fourth-order valence-corrected chi connectivity index (χ4v) is 1.15. The van der Waals surface area contributed by atoms with Gasteiger partial charge in [0.2, 0.25) is 0 Å². The monoisotopic (exact) mass is 228 g/mol. The van der Waals surface area contributed by atoms with Crippen molar-refractivity contribution in [2.24, 2.45) is 0 Å². The van der Waals surface area contributed by atoms with Crippen molar-refractivity contribution in [3.63, 3.8) is 0 Å². The van der Waals surface area contributed by atoms with Crippen LogP contribution >= 0.6 is 7.94 Å². The molecule has 0 spiro atoms. The van der Waals surface area contributed by atoms with Crippen molar-refractivity contribution < 1.29 is 117 Å². The van der Waals surface area contributed by atoms with Crippen LogP contribution in [0.1, 0.15) is 26.7 Å². The molecule has 0 rings (SSSR count). The van der Waals surface area contributed by atoms with Crippen molar-refractivity contribution in [2.45, 2.75) is 32.3 Å². The van der Waals surface area contributed by atoms with Gasteiger partial charge < -0.3 is 14.7 Å². The molecule has 0 saturated heterocycles. The van der Waals surface area contributed by atoms with E-state index in [1.807, 2.05) is 6.92 Å². The molecule has 0 aromatic carbocycles. The van der Waals surface area contributed by atoms with Crippen molar-refractivity contribution in [1.82, 2.24) is 0 Å². The molecule has 3 nitrogen and oxygen atoms in total. The minimum atomic E-state index is -4.27. The fraction of sp³-hybridized carbons (Fsp3) is 1.00. The van der Waals surface area contributed by atoms with Gasteiger partial charge in [0.25, 0.3) is 0 Å². The van der Waals surface area contributed by atoms with Gasteiger partial charge in [0.1, 0.15) is 0 Å². The molecule has 0 saturated carbocycles. The van der Waals surface area contributed by atoms with E-state index in [-0.39, 0.29) is 103 Å². The number of hydrogen-bond donors (Lipinski definition) is 0. The Balaban J connectivity index is -0.000000320. The first kappa shape index (κ1) is 20.1. The van der Waals surface area contributed by atoms with Gasteiger partial charge in [-0.3, -0.25) is 0 Å². The Bertz CT molecular complexity index is 86.3. The molecule has 0 aliphatic carbocycles. The summed E-state index contributed by atoms with van der Waals surface area (Å²) in [5.41, 5.74) is -0.692. The van der Waals surface area contributed by atoms with Crippen molar-refractivity contribution >= 4 is 7.94 Å². The minimum absolute atomic E-state index is 0. The molecule has 0 N–H and O–H groups in total. The molecule has 0 fully saturated rings. The van der Waals surface area contributed by atoms with Crippen LogP contribution in [0.25, 0.3) is 0 Å². The van der Waals surface area contributed by atoms with Gasteiger partial charge in [0, 0.05) is 0 Å². The molecule has 0 aromatic heterocycles. The summed E-state index contributed by atoms with van der Waals surface area (Å²) in [7, 11) is -4.27. The summed E-state index contributed by atoms with van der Waals surface area (Å²) in [6.45, 7) is 3.30. The van der Waals surface area contributed by atoms with Crippen molar-refractivity contribution in [3.8, 4) is 0 Å². The Labute approximate surface area is 154 Å². The second kappa shape index (κ2) is 10.1. The topological polar surface area (TPSA) is 69.2 Å². The van der Waals surface area contributed by atoms with Gasteiger partial charge >= 0.3 is 103 Å². The predicted octanol–water partition coefficient (Wildman–Crippen LogP) is -6.97. The Morgan fingerprint density at radius 3 is 1.64 bits per heavy atom. The van der Waals surface area contributed by atoms with Crippen LogP contribution in [-0.4, -0.2) is 5.66 Å². The Hall–Kier alpha value is 3.58. The van der Waals surface area contributed by atoms with Crippen LogP contribution < -0.4 is 117 Å². The first-order valence-electron chi connectivity index (χ1n) is 3.00. The molecular formula is C5H11K2O3P. The summed E-state index contributed by atoms with van der Waals surface area (Å²) >= 11 is 0. The van der Waals surface area contributed by atoms with Crippen LogP contribution in [0.15, 0.2) is 0 Å². The smallest absolute Gasteiger partial charge is 0.687 e. The fourth-order valence-electron chi connectivity index (χ4n) is 0.576. The molecule has 1 atom stereocenters. The summed E-state index contributed by atoms with van der Waals surface area (Å²) < 4.78 is 0. The van der Waals surface area contributed by atoms with Crippen LogP contribution in [0.3, 0.4) is 0 Å². The molecule has 6 heteroatoms. The van der Waals surface area contributed by atoms with Gasteiger partial charge in [-0.15, -0.1) is 0 Å². The minimum Gasteiger partial charge on any atom is -0.687 e. The molecular weight excluding hydrogens is 217 g/mol. The summed E-state index contributed by atoms with van der Waals surface area (Å²) in [5.74, 6) is 0. The third-order valence-corrected chi connectivity index (χ3v) is 2.58. The van der Waals surface area contributed by atoms with Gasteiger partial charge in [-0.1, -0.05) is 13.3 Å². The summed E-state index contributed by atoms with van der Waals surface area (Å²) in [4.78, 5) is 30.6. The molecule has 0 bridgehead atoms. The zero-order valence-corrected chi connectivity index (χ0v) is 14.8. The Morgan fingerprint density at radius 1 is 1.18 bits per heavy atom. The largest absolute Gasteiger partial charge is 1.00 e. The normalized spacial score (nSPS) is 12.8. The Morgan fingerprint density at radius 2 is 1.55 bits per heavy atom. The first-order chi connectivity index (χ1) is 3.98. The maximum atomic E-state index is 10.2. The van der Waals surface area contributed by atoms with E-state index in [0.717, 1.165) is 6.42 Å². The van der Waals surface area contributed by atoms with Gasteiger partial charge in [0.05, 0.1) is 5.66 Å². The third-order valence-electron chi connectivity index (χ3n) is 1.25.